The Hall–Kier alpha value is -2.97. The first-order chi connectivity index (χ1) is 15.6. The Morgan fingerprint density at radius 3 is 2.18 bits per heavy atom. The molecular formula is C24H14BrClF3NO3. The maximum absolute atomic E-state index is 13.3. The van der Waals surface area contributed by atoms with Crippen LogP contribution in [-0.2, 0) is 15.8 Å². The van der Waals surface area contributed by atoms with Gasteiger partial charge in [0.25, 0.3) is 5.91 Å². The van der Waals surface area contributed by atoms with Gasteiger partial charge in [-0.05, 0) is 48.0 Å². The smallest absolute Gasteiger partial charge is 0.297 e. The molecule has 1 heterocycles. The fraction of sp³-hybridized carbons (Fsp3) is 0.125. The Balaban J connectivity index is 1.86. The zero-order chi connectivity index (χ0) is 23.9. The van der Waals surface area contributed by atoms with Gasteiger partial charge < -0.3 is 0 Å². The number of benzene rings is 3. The first kappa shape index (κ1) is 23.2. The molecule has 0 aliphatic carbocycles. The van der Waals surface area contributed by atoms with E-state index in [9.17, 15) is 27.6 Å². The van der Waals surface area contributed by atoms with E-state index in [1.54, 1.807) is 24.3 Å². The number of Topliss-reactive ketones (excluding diaryl/α,β-unsaturated/α-hetero) is 2. The number of hydrogen-bond donors (Lipinski definition) is 0. The van der Waals surface area contributed by atoms with Crippen molar-refractivity contribution in [2.45, 2.75) is 12.2 Å². The number of amides is 1. The van der Waals surface area contributed by atoms with Crippen LogP contribution in [0.3, 0.4) is 0 Å². The molecule has 9 heteroatoms. The van der Waals surface area contributed by atoms with Crippen molar-refractivity contribution in [2.24, 2.45) is 5.92 Å². The monoisotopic (exact) mass is 535 g/mol. The van der Waals surface area contributed by atoms with Crippen LogP contribution in [0.5, 0.6) is 0 Å². The highest BCUT2D eigenvalue weighted by Gasteiger charge is 2.52. The summed E-state index contributed by atoms with van der Waals surface area (Å²) in [6.07, 6.45) is -4.65. The second-order valence-electron chi connectivity index (χ2n) is 7.43. The molecule has 33 heavy (non-hydrogen) atoms. The van der Waals surface area contributed by atoms with Gasteiger partial charge in [-0.15, -0.1) is 0 Å². The number of rotatable bonds is 4. The van der Waals surface area contributed by atoms with Gasteiger partial charge in [-0.25, -0.2) is 0 Å². The lowest BCUT2D eigenvalue weighted by Gasteiger charge is -2.28. The van der Waals surface area contributed by atoms with Crippen molar-refractivity contribution in [1.29, 1.82) is 0 Å². The number of alkyl halides is 3. The minimum absolute atomic E-state index is 0.130. The Labute approximate surface area is 200 Å². The van der Waals surface area contributed by atoms with Crippen molar-refractivity contribution in [3.05, 3.63) is 99.0 Å². The number of halogens is 5. The van der Waals surface area contributed by atoms with Crippen LogP contribution < -0.4 is 4.90 Å². The highest BCUT2D eigenvalue weighted by atomic mass is 79.9. The molecular weight excluding hydrogens is 523 g/mol. The average Bonchev–Trinajstić information content (AvgIpc) is 3.04. The van der Waals surface area contributed by atoms with E-state index < -0.39 is 41.2 Å². The molecule has 2 atom stereocenters. The maximum Gasteiger partial charge on any atom is 0.416 e. The van der Waals surface area contributed by atoms with Crippen LogP contribution in [0.1, 0.15) is 27.5 Å². The Morgan fingerprint density at radius 1 is 0.939 bits per heavy atom. The summed E-state index contributed by atoms with van der Waals surface area (Å²) in [5.74, 6) is -4.07. The standard InChI is InChI=1S/C24H14BrClF3NO3/c25-16-8-4-14(5-9-16)21(31)19-20(13-6-10-17(26)11-7-13)30(23(33)22(19)32)18-3-1-2-15(12-18)24(27,28)29/h1-12,19-20H. The zero-order valence-electron chi connectivity index (χ0n) is 16.6. The predicted octanol–water partition coefficient (Wildman–Crippen LogP) is 6.28. The number of nitrogens with zero attached hydrogens (tertiary/aromatic N) is 1. The Kier molecular flexibility index (Phi) is 6.16. The normalized spacial score (nSPS) is 18.6. The molecule has 0 spiro atoms. The average molecular weight is 537 g/mol. The highest BCUT2D eigenvalue weighted by Crippen LogP contribution is 2.43. The van der Waals surface area contributed by atoms with Crippen LogP contribution in [0.4, 0.5) is 18.9 Å². The number of ketones is 2. The van der Waals surface area contributed by atoms with Crippen molar-refractivity contribution in [3.8, 4) is 0 Å². The molecule has 1 saturated heterocycles. The van der Waals surface area contributed by atoms with Gasteiger partial charge in [-0.1, -0.05) is 57.9 Å². The second-order valence-corrected chi connectivity index (χ2v) is 8.78. The molecule has 4 rings (SSSR count). The molecule has 4 nitrogen and oxygen atoms in total. The molecule has 1 aliphatic heterocycles. The minimum atomic E-state index is -4.65. The largest absolute Gasteiger partial charge is 0.416 e. The van der Waals surface area contributed by atoms with E-state index in [-0.39, 0.29) is 11.3 Å². The molecule has 1 fully saturated rings. The first-order valence-corrected chi connectivity index (χ1v) is 10.8. The maximum atomic E-state index is 13.3. The summed E-state index contributed by atoms with van der Waals surface area (Å²) in [6, 6.07) is 15.4. The van der Waals surface area contributed by atoms with E-state index in [1.807, 2.05) is 0 Å². The van der Waals surface area contributed by atoms with Crippen molar-refractivity contribution < 1.29 is 27.6 Å². The van der Waals surface area contributed by atoms with Crippen molar-refractivity contribution in [3.63, 3.8) is 0 Å². The number of carbonyl (C=O) groups is 3. The molecule has 3 aromatic rings. The van der Waals surface area contributed by atoms with Crippen LogP contribution in [0, 0.1) is 5.92 Å². The topological polar surface area (TPSA) is 54.5 Å². The zero-order valence-corrected chi connectivity index (χ0v) is 19.0. The lowest BCUT2D eigenvalue weighted by molar-refractivity contribution is -0.137. The third-order valence-corrected chi connectivity index (χ3v) is 6.16. The van der Waals surface area contributed by atoms with Gasteiger partial charge in [0.2, 0.25) is 5.78 Å². The van der Waals surface area contributed by atoms with Crippen LogP contribution in [0.15, 0.2) is 77.3 Å². The fourth-order valence-corrected chi connectivity index (χ4v) is 4.23. The third-order valence-electron chi connectivity index (χ3n) is 5.38. The Morgan fingerprint density at radius 2 is 1.58 bits per heavy atom. The van der Waals surface area contributed by atoms with E-state index in [1.165, 1.54) is 30.3 Å². The molecule has 0 bridgehead atoms. The van der Waals surface area contributed by atoms with E-state index in [4.69, 9.17) is 11.6 Å². The van der Waals surface area contributed by atoms with Crippen molar-refractivity contribution in [1.82, 2.24) is 0 Å². The number of carbonyl (C=O) groups excluding carboxylic acids is 3. The summed E-state index contributed by atoms with van der Waals surface area (Å²) in [5.41, 5.74) is -0.507. The summed E-state index contributed by atoms with van der Waals surface area (Å²) in [6.45, 7) is 0. The molecule has 168 valence electrons. The highest BCUT2D eigenvalue weighted by molar-refractivity contribution is 9.10. The lowest BCUT2D eigenvalue weighted by atomic mass is 9.86. The first-order valence-electron chi connectivity index (χ1n) is 9.68. The minimum Gasteiger partial charge on any atom is -0.297 e. The molecule has 2 unspecified atom stereocenters. The number of anilines is 1. The van der Waals surface area contributed by atoms with Crippen molar-refractivity contribution >= 4 is 50.7 Å². The van der Waals surface area contributed by atoms with Gasteiger partial charge in [-0.2, -0.15) is 13.2 Å². The fourth-order valence-electron chi connectivity index (χ4n) is 3.84. The summed E-state index contributed by atoms with van der Waals surface area (Å²) in [4.78, 5) is 40.4. The van der Waals surface area contributed by atoms with E-state index in [0.29, 0.717) is 15.1 Å². The SMILES string of the molecule is O=C1C(=O)N(c2cccc(C(F)(F)F)c2)C(c2ccc(Cl)cc2)C1C(=O)c1ccc(Br)cc1. The van der Waals surface area contributed by atoms with Gasteiger partial charge in [0.05, 0.1) is 11.6 Å². The quantitative estimate of drug-likeness (QED) is 0.224. The lowest BCUT2D eigenvalue weighted by Crippen LogP contribution is -2.30. The molecule has 0 N–H and O–H groups in total. The number of hydrogen-bond acceptors (Lipinski definition) is 3. The van der Waals surface area contributed by atoms with E-state index in [0.717, 1.165) is 23.1 Å². The van der Waals surface area contributed by atoms with Crippen molar-refractivity contribution in [2.75, 3.05) is 4.90 Å². The third kappa shape index (κ3) is 4.45. The van der Waals surface area contributed by atoms with Gasteiger partial charge in [-0.3, -0.25) is 19.3 Å². The van der Waals surface area contributed by atoms with Crippen LogP contribution in [0.2, 0.25) is 5.02 Å². The molecule has 3 aromatic carbocycles. The predicted molar refractivity (Wildman–Crippen MR) is 120 cm³/mol. The van der Waals surface area contributed by atoms with Gasteiger partial charge in [0, 0.05) is 20.7 Å². The van der Waals surface area contributed by atoms with Crippen LogP contribution in [-0.4, -0.2) is 17.5 Å². The molecule has 0 saturated carbocycles. The summed E-state index contributed by atoms with van der Waals surface area (Å²) >= 11 is 9.24. The van der Waals surface area contributed by atoms with E-state index >= 15 is 0 Å². The van der Waals surface area contributed by atoms with E-state index in [2.05, 4.69) is 15.9 Å². The Bertz CT molecular complexity index is 1240. The molecule has 0 aromatic heterocycles. The van der Waals surface area contributed by atoms with Gasteiger partial charge in [0.1, 0.15) is 5.92 Å². The van der Waals surface area contributed by atoms with Crippen LogP contribution in [0.25, 0.3) is 0 Å². The van der Waals surface area contributed by atoms with Gasteiger partial charge >= 0.3 is 6.18 Å². The van der Waals surface area contributed by atoms with Gasteiger partial charge in [0.15, 0.2) is 5.78 Å². The summed E-state index contributed by atoms with van der Waals surface area (Å²) in [7, 11) is 0. The summed E-state index contributed by atoms with van der Waals surface area (Å²) < 4.78 is 40.6. The second kappa shape index (κ2) is 8.76. The molecule has 1 amide bonds. The van der Waals surface area contributed by atoms with Crippen LogP contribution >= 0.6 is 27.5 Å². The summed E-state index contributed by atoms with van der Waals surface area (Å²) in [5, 5.41) is 0.385. The molecule has 1 aliphatic rings. The molecule has 0 radical (unpaired) electrons.